The van der Waals surface area contributed by atoms with Gasteiger partial charge in [-0.2, -0.15) is 4.98 Å². The van der Waals surface area contributed by atoms with Gasteiger partial charge in [0, 0.05) is 6.42 Å². The van der Waals surface area contributed by atoms with Gasteiger partial charge in [-0.05, 0) is 12.1 Å². The van der Waals surface area contributed by atoms with E-state index in [2.05, 4.69) is 32.7 Å². The van der Waals surface area contributed by atoms with Crippen LogP contribution in [0, 0.1) is 0 Å². The number of hydrogen-bond acceptors (Lipinski definition) is 4. The van der Waals surface area contributed by atoms with Crippen molar-refractivity contribution in [2.75, 3.05) is 0 Å². The molecule has 0 N–H and O–H groups in total. The van der Waals surface area contributed by atoms with Crippen LogP contribution in [-0.4, -0.2) is 19.7 Å². The van der Waals surface area contributed by atoms with Crippen molar-refractivity contribution in [1.29, 1.82) is 0 Å². The van der Waals surface area contributed by atoms with Crippen molar-refractivity contribution in [3.05, 3.63) is 42.3 Å². The molecule has 0 atom stereocenters. The van der Waals surface area contributed by atoms with E-state index >= 15 is 0 Å². The van der Waals surface area contributed by atoms with E-state index in [1.54, 1.807) is 0 Å². The molecule has 0 bridgehead atoms. The van der Waals surface area contributed by atoms with Gasteiger partial charge < -0.3 is 9.09 Å². The van der Waals surface area contributed by atoms with Gasteiger partial charge in [-0.3, -0.25) is 0 Å². The molecule has 2 aromatic heterocycles. The Morgan fingerprint density at radius 1 is 1.29 bits per heavy atom. The number of para-hydroxylation sites is 2. The first kappa shape index (κ1) is 10.0. The maximum absolute atomic E-state index is 4.75. The van der Waals surface area contributed by atoms with Gasteiger partial charge in [-0.1, -0.05) is 24.2 Å². The van der Waals surface area contributed by atoms with Gasteiger partial charge >= 0.3 is 0 Å². The van der Waals surface area contributed by atoms with Crippen molar-refractivity contribution >= 4 is 11.0 Å². The van der Waals surface area contributed by atoms with Crippen LogP contribution in [-0.2, 0) is 13.0 Å². The van der Waals surface area contributed by atoms with E-state index in [9.17, 15) is 0 Å². The normalized spacial score (nSPS) is 11.1. The molecule has 0 aliphatic carbocycles. The van der Waals surface area contributed by atoms with E-state index < -0.39 is 0 Å². The van der Waals surface area contributed by atoms with Crippen LogP contribution in [0.1, 0.15) is 18.6 Å². The molecular weight excluding hydrogens is 216 g/mol. The summed E-state index contributed by atoms with van der Waals surface area (Å²) in [5.74, 6) is 1.71. The summed E-state index contributed by atoms with van der Waals surface area (Å²) in [5, 5.41) is 3.84. The molecule has 0 radical (unpaired) electrons. The molecule has 17 heavy (non-hydrogen) atoms. The minimum Gasteiger partial charge on any atom is -0.343 e. The van der Waals surface area contributed by atoms with Crippen molar-refractivity contribution in [2.45, 2.75) is 19.9 Å². The summed E-state index contributed by atoms with van der Waals surface area (Å²) in [4.78, 5) is 8.64. The fourth-order valence-electron chi connectivity index (χ4n) is 1.98. The van der Waals surface area contributed by atoms with Crippen molar-refractivity contribution in [2.24, 2.45) is 0 Å². The third-order valence-electron chi connectivity index (χ3n) is 2.76. The third-order valence-corrected chi connectivity index (χ3v) is 2.76. The van der Waals surface area contributed by atoms with Crippen molar-refractivity contribution in [1.82, 2.24) is 19.7 Å². The number of aromatic nitrogens is 4. The smallest absolute Gasteiger partial charge is 0.213 e. The topological polar surface area (TPSA) is 56.7 Å². The van der Waals surface area contributed by atoms with Crippen molar-refractivity contribution in [3.63, 3.8) is 0 Å². The Labute approximate surface area is 98.1 Å². The van der Waals surface area contributed by atoms with E-state index in [4.69, 9.17) is 4.52 Å². The maximum atomic E-state index is 4.75. The lowest BCUT2D eigenvalue weighted by atomic mass is 10.3. The minimum atomic E-state index is 0.597. The standard InChI is InChI=1S/C12H12N4O/c1-2-12-14-9-5-3-4-6-10(9)16(12)7-11-13-8-17-15-11/h3-6,8H,2,7H2,1H3. The predicted molar refractivity (Wildman–Crippen MR) is 62.5 cm³/mol. The summed E-state index contributed by atoms with van der Waals surface area (Å²) in [7, 11) is 0. The fraction of sp³-hybridized carbons (Fsp3) is 0.250. The monoisotopic (exact) mass is 228 g/mol. The number of fused-ring (bicyclic) bond motifs is 1. The molecule has 5 heteroatoms. The minimum absolute atomic E-state index is 0.597. The van der Waals surface area contributed by atoms with Crippen LogP contribution < -0.4 is 0 Å². The average molecular weight is 228 g/mol. The number of aryl methyl sites for hydroxylation is 1. The molecule has 86 valence electrons. The number of imidazole rings is 1. The first-order valence-corrected chi connectivity index (χ1v) is 5.58. The van der Waals surface area contributed by atoms with Gasteiger partial charge in [0.2, 0.25) is 6.39 Å². The Bertz CT molecular complexity index is 627. The number of benzene rings is 1. The first-order valence-electron chi connectivity index (χ1n) is 5.58. The molecule has 3 aromatic rings. The molecule has 5 nitrogen and oxygen atoms in total. The lowest BCUT2D eigenvalue weighted by molar-refractivity contribution is 0.408. The highest BCUT2D eigenvalue weighted by atomic mass is 16.5. The average Bonchev–Trinajstić information content (AvgIpc) is 2.98. The summed E-state index contributed by atoms with van der Waals surface area (Å²) in [6, 6.07) is 8.08. The molecule has 3 rings (SSSR count). The van der Waals surface area contributed by atoms with E-state index in [0.29, 0.717) is 12.4 Å². The molecule has 0 aliphatic rings. The molecule has 0 fully saturated rings. The summed E-state index contributed by atoms with van der Waals surface area (Å²) in [6.07, 6.45) is 2.23. The lowest BCUT2D eigenvalue weighted by Gasteiger charge is -2.04. The summed E-state index contributed by atoms with van der Waals surface area (Å²) < 4.78 is 6.88. The second-order valence-electron chi connectivity index (χ2n) is 3.80. The van der Waals surface area contributed by atoms with Gasteiger partial charge in [0.25, 0.3) is 0 Å². The summed E-state index contributed by atoms with van der Waals surface area (Å²) in [6.45, 7) is 2.69. The second kappa shape index (κ2) is 4.01. The number of rotatable bonds is 3. The van der Waals surface area contributed by atoms with Gasteiger partial charge in [-0.15, -0.1) is 0 Å². The highest BCUT2D eigenvalue weighted by Crippen LogP contribution is 2.17. The van der Waals surface area contributed by atoms with Crippen LogP contribution in [0.5, 0.6) is 0 Å². The molecule has 0 saturated carbocycles. The third kappa shape index (κ3) is 1.69. The van der Waals surface area contributed by atoms with Gasteiger partial charge in [0.05, 0.1) is 17.6 Å². The number of nitrogens with zero attached hydrogens (tertiary/aromatic N) is 4. The molecular formula is C12H12N4O. The van der Waals surface area contributed by atoms with E-state index in [-0.39, 0.29) is 0 Å². The fourth-order valence-corrected chi connectivity index (χ4v) is 1.98. The Morgan fingerprint density at radius 3 is 2.94 bits per heavy atom. The second-order valence-corrected chi connectivity index (χ2v) is 3.80. The molecule has 0 amide bonds. The molecule has 1 aromatic carbocycles. The zero-order valence-corrected chi connectivity index (χ0v) is 9.50. The Balaban J connectivity index is 2.12. The van der Waals surface area contributed by atoms with Gasteiger partial charge in [0.15, 0.2) is 5.82 Å². The molecule has 0 spiro atoms. The Hall–Kier alpha value is -2.17. The van der Waals surface area contributed by atoms with E-state index in [0.717, 1.165) is 23.3 Å². The molecule has 0 unspecified atom stereocenters. The quantitative estimate of drug-likeness (QED) is 0.688. The number of hydrogen-bond donors (Lipinski definition) is 0. The van der Waals surface area contributed by atoms with Crippen LogP contribution in [0.15, 0.2) is 35.2 Å². The van der Waals surface area contributed by atoms with Crippen LogP contribution in [0.25, 0.3) is 11.0 Å². The molecule has 2 heterocycles. The summed E-state index contributed by atoms with van der Waals surface area (Å²) >= 11 is 0. The van der Waals surface area contributed by atoms with E-state index in [1.807, 2.05) is 18.2 Å². The molecule has 0 saturated heterocycles. The van der Waals surface area contributed by atoms with Crippen LogP contribution in [0.4, 0.5) is 0 Å². The Kier molecular flexibility index (Phi) is 2.36. The van der Waals surface area contributed by atoms with Gasteiger partial charge in [-0.25, -0.2) is 4.98 Å². The van der Waals surface area contributed by atoms with Crippen LogP contribution in [0.2, 0.25) is 0 Å². The SMILES string of the molecule is CCc1nc2ccccc2n1Cc1ncon1. The largest absolute Gasteiger partial charge is 0.343 e. The van der Waals surface area contributed by atoms with Gasteiger partial charge in [0.1, 0.15) is 5.82 Å². The Morgan fingerprint density at radius 2 is 2.18 bits per heavy atom. The maximum Gasteiger partial charge on any atom is 0.213 e. The highest BCUT2D eigenvalue weighted by Gasteiger charge is 2.10. The zero-order valence-electron chi connectivity index (χ0n) is 9.50. The highest BCUT2D eigenvalue weighted by molar-refractivity contribution is 5.75. The van der Waals surface area contributed by atoms with Crippen LogP contribution >= 0.6 is 0 Å². The predicted octanol–water partition coefficient (Wildman–Crippen LogP) is 2.03. The lowest BCUT2D eigenvalue weighted by Crippen LogP contribution is -2.05. The van der Waals surface area contributed by atoms with Crippen LogP contribution in [0.3, 0.4) is 0 Å². The summed E-state index contributed by atoms with van der Waals surface area (Å²) in [5.41, 5.74) is 2.11. The zero-order chi connectivity index (χ0) is 11.7. The first-order chi connectivity index (χ1) is 8.38. The molecule has 0 aliphatic heterocycles. The van der Waals surface area contributed by atoms with E-state index in [1.165, 1.54) is 6.39 Å². The van der Waals surface area contributed by atoms with Crippen molar-refractivity contribution < 1.29 is 4.52 Å². The van der Waals surface area contributed by atoms with Crippen molar-refractivity contribution in [3.8, 4) is 0 Å².